The zero-order valence-corrected chi connectivity index (χ0v) is 8.77. The van der Waals surface area contributed by atoms with Crippen molar-refractivity contribution in [2.24, 2.45) is 0 Å². The molecule has 0 aliphatic rings. The lowest BCUT2D eigenvalue weighted by molar-refractivity contribution is 0.634. The van der Waals surface area contributed by atoms with Crippen molar-refractivity contribution in [2.45, 2.75) is 32.6 Å². The third-order valence-electron chi connectivity index (χ3n) is 1.96. The molecule has 0 saturated carbocycles. The van der Waals surface area contributed by atoms with Crippen LogP contribution in [-0.4, -0.2) is 9.78 Å². The average Bonchev–Trinajstić information content (AvgIpc) is 2.26. The van der Waals surface area contributed by atoms with E-state index in [1.54, 1.807) is 0 Å². The van der Waals surface area contributed by atoms with E-state index < -0.39 is 0 Å². The van der Waals surface area contributed by atoms with Gasteiger partial charge in [-0.2, -0.15) is 5.10 Å². The molecule has 0 fully saturated rings. The van der Waals surface area contributed by atoms with Crippen LogP contribution in [0.5, 0.6) is 0 Å². The van der Waals surface area contributed by atoms with Crippen LogP contribution < -0.4 is 0 Å². The molecule has 0 aromatic carbocycles. The molecule has 0 bridgehead atoms. The monoisotopic (exact) mass is 216 g/mol. The van der Waals surface area contributed by atoms with Gasteiger partial charge in [-0.25, -0.2) is 0 Å². The van der Waals surface area contributed by atoms with Crippen molar-refractivity contribution < 1.29 is 0 Å². The maximum absolute atomic E-state index is 4.39. The summed E-state index contributed by atoms with van der Waals surface area (Å²) in [7, 11) is 0. The Balaban J connectivity index is 3.14. The van der Waals surface area contributed by atoms with E-state index in [9.17, 15) is 0 Å². The van der Waals surface area contributed by atoms with Crippen molar-refractivity contribution in [3.63, 3.8) is 0 Å². The lowest BCUT2D eigenvalue weighted by atomic mass is 10.2. The lowest BCUT2D eigenvalue weighted by Gasteiger charge is -1.98. The van der Waals surface area contributed by atoms with Gasteiger partial charge in [-0.1, -0.05) is 15.9 Å². The van der Waals surface area contributed by atoms with Crippen molar-refractivity contribution >= 4 is 15.9 Å². The van der Waals surface area contributed by atoms with Crippen LogP contribution in [0.4, 0.5) is 0 Å². The molecule has 1 rings (SSSR count). The largest absolute Gasteiger partial charge is 0.270 e. The molecule has 0 aliphatic heterocycles. The molecular formula is C8H13BrN2. The lowest BCUT2D eigenvalue weighted by Crippen LogP contribution is -1.98. The number of aryl methyl sites for hydroxylation is 2. The zero-order valence-electron chi connectivity index (χ0n) is 7.19. The Bertz CT molecular complexity index is 253. The topological polar surface area (TPSA) is 17.8 Å². The Kier molecular flexibility index (Phi) is 2.71. The van der Waals surface area contributed by atoms with E-state index >= 15 is 0 Å². The number of hydrogen-bond acceptors (Lipinski definition) is 1. The van der Waals surface area contributed by atoms with Gasteiger partial charge in [0, 0.05) is 23.1 Å². The molecule has 62 valence electrons. The molecule has 0 aliphatic carbocycles. The Labute approximate surface area is 75.7 Å². The summed E-state index contributed by atoms with van der Waals surface area (Å²) in [5.74, 6) is 0. The molecule has 0 N–H and O–H groups in total. The molecule has 0 spiro atoms. The molecular weight excluding hydrogens is 204 g/mol. The van der Waals surface area contributed by atoms with Gasteiger partial charge in [-0.3, -0.25) is 4.68 Å². The van der Waals surface area contributed by atoms with E-state index in [0.717, 1.165) is 17.6 Å². The molecule has 2 nitrogen and oxygen atoms in total. The van der Waals surface area contributed by atoms with E-state index in [0.29, 0.717) is 0 Å². The van der Waals surface area contributed by atoms with Gasteiger partial charge in [0.25, 0.3) is 0 Å². The minimum atomic E-state index is 0.907. The summed E-state index contributed by atoms with van der Waals surface area (Å²) >= 11 is 3.45. The maximum Gasteiger partial charge on any atom is 0.0637 e. The molecule has 1 heterocycles. The smallest absolute Gasteiger partial charge is 0.0637 e. The predicted molar refractivity (Wildman–Crippen MR) is 50.0 cm³/mol. The summed E-state index contributed by atoms with van der Waals surface area (Å²) in [6.07, 6.45) is 0. The summed E-state index contributed by atoms with van der Waals surface area (Å²) in [6, 6.07) is 0. The third-order valence-corrected chi connectivity index (χ3v) is 2.53. The molecule has 3 heteroatoms. The highest BCUT2D eigenvalue weighted by Crippen LogP contribution is 2.15. The molecule has 0 unspecified atom stereocenters. The number of nitrogens with zero attached hydrogens (tertiary/aromatic N) is 2. The van der Waals surface area contributed by atoms with Crippen molar-refractivity contribution in [1.29, 1.82) is 0 Å². The first-order valence-electron chi connectivity index (χ1n) is 3.79. The van der Waals surface area contributed by atoms with Gasteiger partial charge >= 0.3 is 0 Å². The third kappa shape index (κ3) is 1.48. The van der Waals surface area contributed by atoms with E-state index in [1.165, 1.54) is 11.3 Å². The van der Waals surface area contributed by atoms with Crippen LogP contribution in [0.15, 0.2) is 0 Å². The quantitative estimate of drug-likeness (QED) is 0.695. The fourth-order valence-corrected chi connectivity index (χ4v) is 2.05. The zero-order chi connectivity index (χ0) is 8.43. The Morgan fingerprint density at radius 1 is 1.45 bits per heavy atom. The maximum atomic E-state index is 4.39. The SMILES string of the molecule is CCn1nc(C)c(CBr)c1C. The highest BCUT2D eigenvalue weighted by molar-refractivity contribution is 9.08. The van der Waals surface area contributed by atoms with Crippen LogP contribution in [0.2, 0.25) is 0 Å². The fraction of sp³-hybridized carbons (Fsp3) is 0.625. The normalized spacial score (nSPS) is 10.5. The number of halogens is 1. The first-order chi connectivity index (χ1) is 5.20. The van der Waals surface area contributed by atoms with Crippen molar-refractivity contribution in [3.05, 3.63) is 17.0 Å². The summed E-state index contributed by atoms with van der Waals surface area (Å²) in [6.45, 7) is 7.23. The molecule has 1 aromatic heterocycles. The van der Waals surface area contributed by atoms with Gasteiger partial charge in [-0.05, 0) is 20.8 Å². The summed E-state index contributed by atoms with van der Waals surface area (Å²) in [5.41, 5.74) is 3.75. The van der Waals surface area contributed by atoms with E-state index in [4.69, 9.17) is 0 Å². The highest BCUT2D eigenvalue weighted by atomic mass is 79.9. The predicted octanol–water partition coefficient (Wildman–Crippen LogP) is 2.41. The van der Waals surface area contributed by atoms with E-state index in [2.05, 4.69) is 41.8 Å². The standard InChI is InChI=1S/C8H13BrN2/c1-4-11-7(3)8(5-9)6(2)10-11/h4-5H2,1-3H3. The average molecular weight is 217 g/mol. The molecule has 1 aromatic rings. The molecule has 0 saturated heterocycles. The van der Waals surface area contributed by atoms with Gasteiger partial charge in [0.1, 0.15) is 0 Å². The van der Waals surface area contributed by atoms with Crippen LogP contribution in [0.25, 0.3) is 0 Å². The minimum Gasteiger partial charge on any atom is -0.270 e. The molecule has 0 atom stereocenters. The minimum absolute atomic E-state index is 0.907. The summed E-state index contributed by atoms with van der Waals surface area (Å²) in [5, 5.41) is 5.29. The molecule has 0 amide bonds. The number of hydrogen-bond donors (Lipinski definition) is 0. The number of alkyl halides is 1. The van der Waals surface area contributed by atoms with Gasteiger partial charge in [0.2, 0.25) is 0 Å². The Morgan fingerprint density at radius 3 is 2.36 bits per heavy atom. The van der Waals surface area contributed by atoms with Crippen LogP contribution in [-0.2, 0) is 11.9 Å². The number of aromatic nitrogens is 2. The van der Waals surface area contributed by atoms with Gasteiger partial charge in [-0.15, -0.1) is 0 Å². The van der Waals surface area contributed by atoms with Gasteiger partial charge in [0.05, 0.1) is 5.69 Å². The van der Waals surface area contributed by atoms with Crippen LogP contribution in [0, 0.1) is 13.8 Å². The first-order valence-corrected chi connectivity index (χ1v) is 4.91. The van der Waals surface area contributed by atoms with Crippen LogP contribution >= 0.6 is 15.9 Å². The summed E-state index contributed by atoms with van der Waals surface area (Å²) in [4.78, 5) is 0. The number of rotatable bonds is 2. The van der Waals surface area contributed by atoms with E-state index in [-0.39, 0.29) is 0 Å². The Morgan fingerprint density at radius 2 is 2.09 bits per heavy atom. The second kappa shape index (κ2) is 3.39. The second-order valence-electron chi connectivity index (χ2n) is 2.60. The first kappa shape index (κ1) is 8.78. The summed E-state index contributed by atoms with van der Waals surface area (Å²) < 4.78 is 2.03. The van der Waals surface area contributed by atoms with Gasteiger partial charge in [0.15, 0.2) is 0 Å². The highest BCUT2D eigenvalue weighted by Gasteiger charge is 2.07. The van der Waals surface area contributed by atoms with Crippen LogP contribution in [0.1, 0.15) is 23.9 Å². The molecule has 11 heavy (non-hydrogen) atoms. The fourth-order valence-electron chi connectivity index (χ4n) is 1.24. The van der Waals surface area contributed by atoms with Crippen molar-refractivity contribution in [3.8, 4) is 0 Å². The second-order valence-corrected chi connectivity index (χ2v) is 3.16. The van der Waals surface area contributed by atoms with Crippen molar-refractivity contribution in [2.75, 3.05) is 0 Å². The molecule has 0 radical (unpaired) electrons. The van der Waals surface area contributed by atoms with E-state index in [1.807, 2.05) is 4.68 Å². The van der Waals surface area contributed by atoms with Crippen LogP contribution in [0.3, 0.4) is 0 Å². The Hall–Kier alpha value is -0.310. The van der Waals surface area contributed by atoms with Crippen molar-refractivity contribution in [1.82, 2.24) is 9.78 Å². The van der Waals surface area contributed by atoms with Gasteiger partial charge < -0.3 is 0 Å².